The van der Waals surface area contributed by atoms with Crippen LogP contribution in [-0.4, -0.2) is 18.4 Å². The highest BCUT2D eigenvalue weighted by Gasteiger charge is 2.10. The van der Waals surface area contributed by atoms with Gasteiger partial charge in [-0.1, -0.05) is 53.7 Å². The minimum absolute atomic E-state index is 0.807. The average Bonchev–Trinajstić information content (AvgIpc) is 2.79. The lowest BCUT2D eigenvalue weighted by Crippen LogP contribution is -1.95. The van der Waals surface area contributed by atoms with Crippen LogP contribution in [0, 0.1) is 6.92 Å². The summed E-state index contributed by atoms with van der Waals surface area (Å²) in [6.45, 7) is 6.18. The maximum absolute atomic E-state index is 4.63. The van der Waals surface area contributed by atoms with Crippen molar-refractivity contribution in [3.63, 3.8) is 0 Å². The first kappa shape index (κ1) is 19.3. The molecule has 30 heavy (non-hydrogen) atoms. The standard InChI is InChI=1S/C25H23N5/c1-18-8-10-20(11-9-18)27-28-24-16-17-25(23-7-5-4-6-22(23)24)30(3)29-21-14-12-19(26-2)13-15-21/h4-17,26H,3H2,1-2H3. The quantitative estimate of drug-likeness (QED) is 0.156. The summed E-state index contributed by atoms with van der Waals surface area (Å²) < 4.78 is 1.65. The lowest BCUT2D eigenvalue weighted by molar-refractivity contribution is -0.364. The highest BCUT2D eigenvalue weighted by molar-refractivity contribution is 5.98. The van der Waals surface area contributed by atoms with Crippen LogP contribution in [-0.2, 0) is 0 Å². The Morgan fingerprint density at radius 3 is 2.20 bits per heavy atom. The van der Waals surface area contributed by atoms with Gasteiger partial charge in [-0.15, -0.1) is 5.11 Å². The van der Waals surface area contributed by atoms with Crippen LogP contribution in [0.5, 0.6) is 0 Å². The third-order valence-corrected chi connectivity index (χ3v) is 4.86. The molecule has 0 saturated heterocycles. The van der Waals surface area contributed by atoms with Gasteiger partial charge < -0.3 is 10.7 Å². The molecule has 148 valence electrons. The fourth-order valence-corrected chi connectivity index (χ4v) is 3.19. The molecular formula is C25H23N5. The fourth-order valence-electron chi connectivity index (χ4n) is 3.19. The molecule has 5 nitrogen and oxygen atoms in total. The summed E-state index contributed by atoms with van der Waals surface area (Å²) in [5.74, 6) is 0. The number of rotatable bonds is 6. The number of benzene rings is 4. The highest BCUT2D eigenvalue weighted by atomic mass is 15.4. The van der Waals surface area contributed by atoms with Crippen molar-refractivity contribution >= 4 is 45.9 Å². The topological polar surface area (TPSA) is 53.9 Å². The maximum atomic E-state index is 4.63. The molecule has 0 saturated carbocycles. The Morgan fingerprint density at radius 2 is 1.50 bits per heavy atom. The Balaban J connectivity index is 1.64. The zero-order valence-corrected chi connectivity index (χ0v) is 17.1. The normalized spacial score (nSPS) is 11.0. The largest absolute Gasteiger partial charge is 0.405 e. The molecular weight excluding hydrogens is 370 g/mol. The van der Waals surface area contributed by atoms with Gasteiger partial charge in [-0.3, -0.25) is 0 Å². The Hall–Kier alpha value is -3.99. The van der Waals surface area contributed by atoms with Gasteiger partial charge in [0.25, 0.3) is 0 Å². The summed E-state index contributed by atoms with van der Waals surface area (Å²) in [7, 11) is 1.89. The van der Waals surface area contributed by atoms with Crippen LogP contribution in [0.15, 0.2) is 95.2 Å². The summed E-state index contributed by atoms with van der Waals surface area (Å²) in [6, 6.07) is 27.9. The SMILES string of the molecule is C=[N+]([N-]c1ccc(NC)cc1)c1ccc(N=Nc2ccc(C)cc2)c2ccccc12. The van der Waals surface area contributed by atoms with E-state index in [2.05, 4.69) is 34.6 Å². The predicted molar refractivity (Wildman–Crippen MR) is 125 cm³/mol. The average molecular weight is 393 g/mol. The van der Waals surface area contributed by atoms with Gasteiger partial charge in [0.05, 0.1) is 16.8 Å². The first-order valence-electron chi connectivity index (χ1n) is 9.74. The molecule has 0 bridgehead atoms. The minimum Gasteiger partial charge on any atom is -0.405 e. The molecule has 0 aromatic heterocycles. The number of hydrogen-bond acceptors (Lipinski definition) is 3. The van der Waals surface area contributed by atoms with E-state index in [0.29, 0.717) is 0 Å². The zero-order valence-electron chi connectivity index (χ0n) is 17.1. The van der Waals surface area contributed by atoms with E-state index in [0.717, 1.165) is 39.2 Å². The van der Waals surface area contributed by atoms with Crippen molar-refractivity contribution in [3.05, 3.63) is 95.9 Å². The van der Waals surface area contributed by atoms with E-state index in [1.807, 2.05) is 92.0 Å². The zero-order chi connectivity index (χ0) is 20.9. The van der Waals surface area contributed by atoms with E-state index in [9.17, 15) is 0 Å². The maximum Gasteiger partial charge on any atom is 0.208 e. The molecule has 0 spiro atoms. The molecule has 0 radical (unpaired) electrons. The van der Waals surface area contributed by atoms with Crippen molar-refractivity contribution < 1.29 is 4.68 Å². The number of hydrogen-bond donors (Lipinski definition) is 1. The van der Waals surface area contributed by atoms with E-state index >= 15 is 0 Å². The van der Waals surface area contributed by atoms with Crippen molar-refractivity contribution in [2.75, 3.05) is 12.4 Å². The molecule has 0 aliphatic heterocycles. The molecule has 0 unspecified atom stereocenters. The van der Waals surface area contributed by atoms with Crippen LogP contribution in [0.25, 0.3) is 16.2 Å². The van der Waals surface area contributed by atoms with Gasteiger partial charge in [0.15, 0.2) is 0 Å². The summed E-state index contributed by atoms with van der Waals surface area (Å²) >= 11 is 0. The highest BCUT2D eigenvalue weighted by Crippen LogP contribution is 2.36. The van der Waals surface area contributed by atoms with Gasteiger partial charge in [0.1, 0.15) is 6.72 Å². The van der Waals surface area contributed by atoms with Gasteiger partial charge in [0, 0.05) is 24.2 Å². The third-order valence-electron chi connectivity index (χ3n) is 4.86. The lowest BCUT2D eigenvalue weighted by Gasteiger charge is -2.18. The number of aryl methyl sites for hydroxylation is 1. The van der Waals surface area contributed by atoms with Crippen LogP contribution in [0.4, 0.5) is 28.4 Å². The first-order valence-corrected chi connectivity index (χ1v) is 9.74. The fraction of sp³-hybridized carbons (Fsp3) is 0.0800. The van der Waals surface area contributed by atoms with Gasteiger partial charge in [-0.05, 0) is 43.3 Å². The molecule has 0 amide bonds. The van der Waals surface area contributed by atoms with Gasteiger partial charge >= 0.3 is 0 Å². The van der Waals surface area contributed by atoms with Gasteiger partial charge in [-0.25, -0.2) is 4.68 Å². The lowest BCUT2D eigenvalue weighted by atomic mass is 10.1. The van der Waals surface area contributed by atoms with Gasteiger partial charge in [-0.2, -0.15) is 5.11 Å². The van der Waals surface area contributed by atoms with Crippen molar-refractivity contribution in [2.45, 2.75) is 6.92 Å². The van der Waals surface area contributed by atoms with E-state index in [4.69, 9.17) is 0 Å². The molecule has 5 heteroatoms. The predicted octanol–water partition coefficient (Wildman–Crippen LogP) is 7.57. The molecule has 4 aromatic carbocycles. The molecule has 0 fully saturated rings. The van der Waals surface area contributed by atoms with Crippen LogP contribution < -0.4 is 5.32 Å². The van der Waals surface area contributed by atoms with E-state index < -0.39 is 0 Å². The first-order chi connectivity index (χ1) is 14.6. The van der Waals surface area contributed by atoms with Gasteiger partial charge in [0.2, 0.25) is 5.69 Å². The number of nitrogens with one attached hydrogen (secondary N) is 1. The summed E-state index contributed by atoms with van der Waals surface area (Å²) in [4.78, 5) is 0. The smallest absolute Gasteiger partial charge is 0.208 e. The van der Waals surface area contributed by atoms with Crippen LogP contribution in [0.1, 0.15) is 5.56 Å². The Labute approximate surface area is 176 Å². The Morgan fingerprint density at radius 1 is 0.800 bits per heavy atom. The van der Waals surface area contributed by atoms with Crippen LogP contribution in [0.2, 0.25) is 0 Å². The minimum atomic E-state index is 0.807. The Kier molecular flexibility index (Phi) is 5.52. The molecule has 0 heterocycles. The van der Waals surface area contributed by atoms with E-state index in [-0.39, 0.29) is 0 Å². The van der Waals surface area contributed by atoms with Crippen molar-refractivity contribution in [1.82, 2.24) is 0 Å². The molecule has 0 atom stereocenters. The number of fused-ring (bicyclic) bond motifs is 1. The van der Waals surface area contributed by atoms with Crippen LogP contribution >= 0.6 is 0 Å². The number of nitrogens with zero attached hydrogens (tertiary/aromatic N) is 4. The van der Waals surface area contributed by atoms with Crippen molar-refractivity contribution in [2.24, 2.45) is 10.2 Å². The third kappa shape index (κ3) is 4.20. The second-order valence-corrected chi connectivity index (χ2v) is 6.98. The van der Waals surface area contributed by atoms with Crippen LogP contribution in [0.3, 0.4) is 0 Å². The summed E-state index contributed by atoms with van der Waals surface area (Å²) in [6.07, 6.45) is 0. The number of anilines is 1. The number of azo groups is 1. The summed E-state index contributed by atoms with van der Waals surface area (Å²) in [5, 5.41) is 14.0. The van der Waals surface area contributed by atoms with E-state index in [1.54, 1.807) is 4.68 Å². The Bertz CT molecular complexity index is 1210. The molecule has 1 N–H and O–H groups in total. The molecule has 0 aliphatic rings. The van der Waals surface area contributed by atoms with Crippen molar-refractivity contribution in [1.29, 1.82) is 0 Å². The molecule has 0 aliphatic carbocycles. The molecule has 4 rings (SSSR count). The van der Waals surface area contributed by atoms with Crippen molar-refractivity contribution in [3.8, 4) is 0 Å². The van der Waals surface area contributed by atoms with E-state index in [1.165, 1.54) is 5.56 Å². The molecule has 4 aromatic rings. The monoisotopic (exact) mass is 393 g/mol. The summed E-state index contributed by atoms with van der Waals surface area (Å²) in [5.41, 5.74) is 10.2. The second-order valence-electron chi connectivity index (χ2n) is 6.98. The second kappa shape index (κ2) is 8.57.